The van der Waals surface area contributed by atoms with Crippen LogP contribution in [0.25, 0.3) is 0 Å². The summed E-state index contributed by atoms with van der Waals surface area (Å²) in [7, 11) is 4.47. The lowest BCUT2D eigenvalue weighted by molar-refractivity contribution is -0.0999. The summed E-state index contributed by atoms with van der Waals surface area (Å²) < 4.78 is 21.9. The molecule has 29 heavy (non-hydrogen) atoms. The highest BCUT2D eigenvalue weighted by Crippen LogP contribution is 2.42. The van der Waals surface area contributed by atoms with Crippen LogP contribution in [0.4, 0.5) is 0 Å². The SMILES string of the molecule is COc1cc(CC[C@H]2C[C@H](O)C[C@@H](c3cc(OC)c(O)c(OC)c3)O2)ccc1O. The highest BCUT2D eigenvalue weighted by Gasteiger charge is 2.30. The maximum absolute atomic E-state index is 10.4. The first kappa shape index (κ1) is 21.1. The van der Waals surface area contributed by atoms with Crippen LogP contribution in [0.2, 0.25) is 0 Å². The molecular weight excluding hydrogens is 376 g/mol. The number of phenols is 2. The molecule has 0 aliphatic carbocycles. The number of rotatable bonds is 7. The van der Waals surface area contributed by atoms with Crippen LogP contribution in [-0.4, -0.2) is 48.9 Å². The largest absolute Gasteiger partial charge is 0.504 e. The summed E-state index contributed by atoms with van der Waals surface area (Å²) in [4.78, 5) is 0. The van der Waals surface area contributed by atoms with E-state index in [-0.39, 0.29) is 23.7 Å². The summed E-state index contributed by atoms with van der Waals surface area (Å²) in [6, 6.07) is 8.69. The maximum atomic E-state index is 10.4. The number of ether oxygens (including phenoxy) is 4. The highest BCUT2D eigenvalue weighted by molar-refractivity contribution is 5.53. The van der Waals surface area contributed by atoms with E-state index in [9.17, 15) is 15.3 Å². The van der Waals surface area contributed by atoms with E-state index in [1.165, 1.54) is 21.3 Å². The molecule has 0 amide bonds. The van der Waals surface area contributed by atoms with Gasteiger partial charge in [0.1, 0.15) is 0 Å². The number of aliphatic hydroxyl groups is 1. The lowest BCUT2D eigenvalue weighted by atomic mass is 9.93. The third-order valence-corrected chi connectivity index (χ3v) is 5.25. The average Bonchev–Trinajstić information content (AvgIpc) is 2.73. The molecule has 0 aromatic heterocycles. The van der Waals surface area contributed by atoms with E-state index >= 15 is 0 Å². The molecule has 3 rings (SSSR count). The second-order valence-corrected chi connectivity index (χ2v) is 7.19. The first-order chi connectivity index (χ1) is 13.9. The summed E-state index contributed by atoms with van der Waals surface area (Å²) in [6.07, 6.45) is 1.50. The van der Waals surface area contributed by atoms with E-state index < -0.39 is 6.10 Å². The Morgan fingerprint density at radius 1 is 0.931 bits per heavy atom. The molecule has 2 aromatic carbocycles. The zero-order valence-electron chi connectivity index (χ0n) is 16.9. The van der Waals surface area contributed by atoms with Gasteiger partial charge >= 0.3 is 0 Å². The minimum absolute atomic E-state index is 0.0621. The number of phenolic OH excluding ortho intramolecular Hbond substituents is 2. The molecule has 0 bridgehead atoms. The minimum atomic E-state index is -0.487. The fourth-order valence-electron chi connectivity index (χ4n) is 3.70. The van der Waals surface area contributed by atoms with Gasteiger partial charge in [0.05, 0.1) is 39.6 Å². The van der Waals surface area contributed by atoms with Crippen LogP contribution >= 0.6 is 0 Å². The van der Waals surface area contributed by atoms with Gasteiger partial charge in [-0.25, -0.2) is 0 Å². The molecule has 0 radical (unpaired) electrons. The predicted octanol–water partition coefficient (Wildman–Crippen LogP) is 3.34. The van der Waals surface area contributed by atoms with E-state index in [4.69, 9.17) is 18.9 Å². The minimum Gasteiger partial charge on any atom is -0.504 e. The van der Waals surface area contributed by atoms with E-state index in [0.29, 0.717) is 36.5 Å². The van der Waals surface area contributed by atoms with Crippen LogP contribution in [-0.2, 0) is 11.2 Å². The first-order valence-corrected chi connectivity index (χ1v) is 9.59. The lowest BCUT2D eigenvalue weighted by Gasteiger charge is -2.34. The van der Waals surface area contributed by atoms with Crippen LogP contribution < -0.4 is 14.2 Å². The number of aryl methyl sites for hydroxylation is 1. The van der Waals surface area contributed by atoms with Crippen LogP contribution in [0, 0.1) is 0 Å². The Balaban J connectivity index is 1.72. The summed E-state index contributed by atoms with van der Waals surface area (Å²) in [5.41, 5.74) is 1.80. The number of hydrogen-bond donors (Lipinski definition) is 3. The summed E-state index contributed by atoms with van der Waals surface area (Å²) in [5.74, 6) is 1.09. The Morgan fingerprint density at radius 3 is 2.21 bits per heavy atom. The van der Waals surface area contributed by atoms with Crippen molar-refractivity contribution < 1.29 is 34.3 Å². The molecule has 3 N–H and O–H groups in total. The summed E-state index contributed by atoms with van der Waals surface area (Å²) in [6.45, 7) is 0. The van der Waals surface area contributed by atoms with Crippen molar-refractivity contribution in [2.24, 2.45) is 0 Å². The maximum Gasteiger partial charge on any atom is 0.200 e. The van der Waals surface area contributed by atoms with Crippen molar-refractivity contribution in [1.29, 1.82) is 0 Å². The van der Waals surface area contributed by atoms with E-state index in [2.05, 4.69) is 0 Å². The first-order valence-electron chi connectivity index (χ1n) is 9.59. The number of aliphatic hydroxyl groups excluding tert-OH is 1. The summed E-state index contributed by atoms with van der Waals surface area (Å²) >= 11 is 0. The molecular formula is C22H28O7. The molecule has 1 heterocycles. The van der Waals surface area contributed by atoms with Crippen LogP contribution in [0.5, 0.6) is 28.7 Å². The number of aromatic hydroxyl groups is 2. The highest BCUT2D eigenvalue weighted by atomic mass is 16.5. The Labute approximate surface area is 170 Å². The monoisotopic (exact) mass is 404 g/mol. The molecule has 1 fully saturated rings. The van der Waals surface area contributed by atoms with Crippen molar-refractivity contribution in [2.45, 2.75) is 44.0 Å². The van der Waals surface area contributed by atoms with Gasteiger partial charge in [-0.15, -0.1) is 0 Å². The predicted molar refractivity (Wildman–Crippen MR) is 107 cm³/mol. The van der Waals surface area contributed by atoms with Gasteiger partial charge in [-0.1, -0.05) is 6.07 Å². The molecule has 1 aliphatic heterocycles. The Kier molecular flexibility index (Phi) is 6.71. The molecule has 0 unspecified atom stereocenters. The molecule has 3 atom stereocenters. The quantitative estimate of drug-likeness (QED) is 0.651. The topological polar surface area (TPSA) is 97.6 Å². The average molecular weight is 404 g/mol. The van der Waals surface area contributed by atoms with Crippen molar-refractivity contribution >= 4 is 0 Å². The second kappa shape index (κ2) is 9.24. The lowest BCUT2D eigenvalue weighted by Crippen LogP contribution is -2.31. The van der Waals surface area contributed by atoms with Crippen molar-refractivity contribution in [3.8, 4) is 28.7 Å². The van der Waals surface area contributed by atoms with Gasteiger partial charge in [0.25, 0.3) is 0 Å². The van der Waals surface area contributed by atoms with Crippen molar-refractivity contribution in [3.05, 3.63) is 41.5 Å². The molecule has 7 nitrogen and oxygen atoms in total. The molecule has 2 aromatic rings. The Hall–Kier alpha value is -2.64. The Bertz CT molecular complexity index is 811. The molecule has 0 spiro atoms. The van der Waals surface area contributed by atoms with E-state index in [0.717, 1.165) is 17.5 Å². The number of methoxy groups -OCH3 is 3. The van der Waals surface area contributed by atoms with Crippen LogP contribution in [0.3, 0.4) is 0 Å². The smallest absolute Gasteiger partial charge is 0.200 e. The molecule has 7 heteroatoms. The van der Waals surface area contributed by atoms with Gasteiger partial charge in [-0.2, -0.15) is 0 Å². The number of hydrogen-bond acceptors (Lipinski definition) is 7. The van der Waals surface area contributed by atoms with Gasteiger partial charge in [0.2, 0.25) is 5.75 Å². The zero-order valence-corrected chi connectivity index (χ0v) is 16.9. The van der Waals surface area contributed by atoms with Crippen LogP contribution in [0.1, 0.15) is 36.5 Å². The van der Waals surface area contributed by atoms with E-state index in [1.54, 1.807) is 18.2 Å². The summed E-state index contributed by atoms with van der Waals surface area (Å²) in [5, 5.41) is 30.2. The van der Waals surface area contributed by atoms with Crippen molar-refractivity contribution in [3.63, 3.8) is 0 Å². The van der Waals surface area contributed by atoms with Crippen LogP contribution in [0.15, 0.2) is 30.3 Å². The van der Waals surface area contributed by atoms with Crippen molar-refractivity contribution in [2.75, 3.05) is 21.3 Å². The second-order valence-electron chi connectivity index (χ2n) is 7.19. The van der Waals surface area contributed by atoms with Gasteiger partial charge in [-0.3, -0.25) is 0 Å². The number of benzene rings is 2. The zero-order chi connectivity index (χ0) is 21.0. The van der Waals surface area contributed by atoms with Gasteiger partial charge in [0.15, 0.2) is 23.0 Å². The standard InChI is InChI=1S/C22H28O7/c1-26-19-8-13(5-7-17(19)24)4-6-16-11-15(23)12-18(29-16)14-9-20(27-2)22(25)21(10-14)28-3/h5,7-10,15-16,18,23-25H,4,6,11-12H2,1-3H3/t15-,16-,18-/m0/s1. The van der Waals surface area contributed by atoms with Gasteiger partial charge < -0.3 is 34.3 Å². The normalized spacial score (nSPS) is 21.6. The molecule has 1 saturated heterocycles. The molecule has 1 aliphatic rings. The molecule has 158 valence electrons. The Morgan fingerprint density at radius 2 is 1.59 bits per heavy atom. The van der Waals surface area contributed by atoms with Gasteiger partial charge in [-0.05, 0) is 54.7 Å². The fraction of sp³-hybridized carbons (Fsp3) is 0.455. The van der Waals surface area contributed by atoms with E-state index in [1.807, 2.05) is 12.1 Å². The molecule has 0 saturated carbocycles. The van der Waals surface area contributed by atoms with Gasteiger partial charge in [0, 0.05) is 6.42 Å². The fourth-order valence-corrected chi connectivity index (χ4v) is 3.70. The third-order valence-electron chi connectivity index (χ3n) is 5.25. The van der Waals surface area contributed by atoms with Crippen molar-refractivity contribution in [1.82, 2.24) is 0 Å². The third kappa shape index (κ3) is 4.86.